The zero-order valence-electron chi connectivity index (χ0n) is 8.30. The van der Waals surface area contributed by atoms with Crippen LogP contribution >= 0.6 is 0 Å². The number of aliphatic hydroxyl groups excluding tert-OH is 1. The molecule has 78 valence electrons. The van der Waals surface area contributed by atoms with Crippen molar-refractivity contribution in [1.29, 1.82) is 0 Å². The summed E-state index contributed by atoms with van der Waals surface area (Å²) in [4.78, 5) is 0. The van der Waals surface area contributed by atoms with Crippen molar-refractivity contribution >= 4 is 0 Å². The molecule has 0 saturated heterocycles. The van der Waals surface area contributed by atoms with Gasteiger partial charge in [-0.3, -0.25) is 0 Å². The first kappa shape index (κ1) is 10.9. The molecule has 3 heteroatoms. The van der Waals surface area contributed by atoms with Crippen LogP contribution in [-0.4, -0.2) is 23.4 Å². The number of halogens is 1. The number of hydrogen-bond donors (Lipinski definition) is 2. The first-order valence-electron chi connectivity index (χ1n) is 5.09. The Balaban J connectivity index is 2.38. The normalized spacial score (nSPS) is 37.4. The van der Waals surface area contributed by atoms with E-state index in [1.807, 2.05) is 0 Å². The van der Waals surface area contributed by atoms with Gasteiger partial charge in [0.05, 0.1) is 6.10 Å². The van der Waals surface area contributed by atoms with Crippen LogP contribution in [0.1, 0.15) is 39.0 Å². The highest BCUT2D eigenvalue weighted by Crippen LogP contribution is 2.32. The molecule has 0 aromatic carbocycles. The number of rotatable bonds is 3. The fourth-order valence-corrected chi connectivity index (χ4v) is 2.06. The van der Waals surface area contributed by atoms with E-state index in [1.54, 1.807) is 0 Å². The Kier molecular flexibility index (Phi) is 3.68. The molecule has 0 radical (unpaired) electrons. The number of hydrogen-bond acceptors (Lipinski definition) is 2. The minimum Gasteiger partial charge on any atom is -0.390 e. The molecule has 0 aromatic rings. The number of aliphatic hydroxyl groups is 1. The van der Waals surface area contributed by atoms with Gasteiger partial charge in [-0.2, -0.15) is 0 Å². The maximum atomic E-state index is 12.1. The van der Waals surface area contributed by atoms with Crippen LogP contribution in [-0.2, 0) is 0 Å². The zero-order chi connectivity index (χ0) is 9.90. The van der Waals surface area contributed by atoms with Gasteiger partial charge in [0, 0.05) is 5.54 Å². The van der Waals surface area contributed by atoms with Gasteiger partial charge in [-0.25, -0.2) is 4.39 Å². The predicted octanol–water partition coefficient (Wildman–Crippen LogP) is 1.61. The summed E-state index contributed by atoms with van der Waals surface area (Å²) >= 11 is 0. The lowest BCUT2D eigenvalue weighted by Gasteiger charge is -2.37. The maximum Gasteiger partial charge on any atom is 0.115 e. The standard InChI is InChI=1S/C10H20FNO/c1-8-2-4-10(12,5-3-8)6-9(13)7-11/h8-9,13H,2-7,12H2,1H3. The summed E-state index contributed by atoms with van der Waals surface area (Å²) in [5, 5.41) is 9.19. The highest BCUT2D eigenvalue weighted by Gasteiger charge is 2.31. The van der Waals surface area contributed by atoms with E-state index in [1.165, 1.54) is 0 Å². The van der Waals surface area contributed by atoms with E-state index < -0.39 is 12.8 Å². The minimum absolute atomic E-state index is 0.308. The number of nitrogens with two attached hydrogens (primary N) is 1. The third-order valence-electron chi connectivity index (χ3n) is 3.09. The fraction of sp³-hybridized carbons (Fsp3) is 1.00. The van der Waals surface area contributed by atoms with E-state index in [4.69, 9.17) is 5.73 Å². The molecule has 0 spiro atoms. The van der Waals surface area contributed by atoms with E-state index >= 15 is 0 Å². The van der Waals surface area contributed by atoms with Crippen molar-refractivity contribution in [1.82, 2.24) is 0 Å². The van der Waals surface area contributed by atoms with Gasteiger partial charge in [0.15, 0.2) is 0 Å². The monoisotopic (exact) mass is 189 g/mol. The molecule has 1 unspecified atom stereocenters. The minimum atomic E-state index is -0.863. The summed E-state index contributed by atoms with van der Waals surface area (Å²) in [6.45, 7) is 1.54. The summed E-state index contributed by atoms with van der Waals surface area (Å²) in [5.41, 5.74) is 5.76. The van der Waals surface area contributed by atoms with E-state index in [0.29, 0.717) is 6.42 Å². The molecule has 1 atom stereocenters. The Labute approximate surface area is 79.3 Å². The Morgan fingerprint density at radius 1 is 1.54 bits per heavy atom. The average Bonchev–Trinajstić information content (AvgIpc) is 2.10. The van der Waals surface area contributed by atoms with Gasteiger partial charge in [0.1, 0.15) is 6.67 Å². The molecule has 1 fully saturated rings. The van der Waals surface area contributed by atoms with Gasteiger partial charge >= 0.3 is 0 Å². The van der Waals surface area contributed by atoms with E-state index in [9.17, 15) is 9.50 Å². The Hall–Kier alpha value is -0.150. The molecule has 3 N–H and O–H groups in total. The highest BCUT2D eigenvalue weighted by atomic mass is 19.1. The van der Waals surface area contributed by atoms with Crippen molar-refractivity contribution in [2.24, 2.45) is 11.7 Å². The lowest BCUT2D eigenvalue weighted by Crippen LogP contribution is -2.46. The maximum absolute atomic E-state index is 12.1. The van der Waals surface area contributed by atoms with Crippen molar-refractivity contribution in [2.45, 2.75) is 50.7 Å². The zero-order valence-corrected chi connectivity index (χ0v) is 8.30. The Bertz CT molecular complexity index is 155. The van der Waals surface area contributed by atoms with Crippen LogP contribution in [0.5, 0.6) is 0 Å². The summed E-state index contributed by atoms with van der Waals surface area (Å²) < 4.78 is 12.1. The topological polar surface area (TPSA) is 46.2 Å². The lowest BCUT2D eigenvalue weighted by molar-refractivity contribution is 0.0859. The first-order chi connectivity index (χ1) is 6.06. The molecule has 0 amide bonds. The summed E-state index contributed by atoms with van der Waals surface area (Å²) in [6.07, 6.45) is 3.61. The van der Waals surface area contributed by atoms with Crippen LogP contribution in [0, 0.1) is 5.92 Å². The van der Waals surface area contributed by atoms with Crippen LogP contribution in [0.25, 0.3) is 0 Å². The second-order valence-corrected chi connectivity index (χ2v) is 4.56. The first-order valence-corrected chi connectivity index (χ1v) is 5.09. The van der Waals surface area contributed by atoms with E-state index in [2.05, 4.69) is 6.92 Å². The molecule has 1 saturated carbocycles. The molecule has 0 aliphatic heterocycles. The van der Waals surface area contributed by atoms with Crippen molar-refractivity contribution in [3.8, 4) is 0 Å². The summed E-state index contributed by atoms with van der Waals surface area (Å²) in [7, 11) is 0. The predicted molar refractivity (Wildman–Crippen MR) is 51.1 cm³/mol. The van der Waals surface area contributed by atoms with Crippen LogP contribution < -0.4 is 5.73 Å². The van der Waals surface area contributed by atoms with Gasteiger partial charge in [0.2, 0.25) is 0 Å². The van der Waals surface area contributed by atoms with Crippen LogP contribution in [0.4, 0.5) is 4.39 Å². The summed E-state index contributed by atoms with van der Waals surface area (Å²) in [5.74, 6) is 0.735. The fourth-order valence-electron chi connectivity index (χ4n) is 2.06. The van der Waals surface area contributed by atoms with Crippen molar-refractivity contribution < 1.29 is 9.50 Å². The van der Waals surface area contributed by atoms with Crippen LogP contribution in [0.3, 0.4) is 0 Å². The second kappa shape index (κ2) is 4.38. The lowest BCUT2D eigenvalue weighted by atomic mass is 9.75. The Morgan fingerprint density at radius 3 is 2.54 bits per heavy atom. The van der Waals surface area contributed by atoms with Gasteiger partial charge in [-0.05, 0) is 38.0 Å². The molecule has 1 aliphatic rings. The molecular weight excluding hydrogens is 169 g/mol. The van der Waals surface area contributed by atoms with Crippen molar-refractivity contribution in [3.63, 3.8) is 0 Å². The van der Waals surface area contributed by atoms with Crippen LogP contribution in [0.2, 0.25) is 0 Å². The molecular formula is C10H20FNO. The van der Waals surface area contributed by atoms with Crippen molar-refractivity contribution in [2.75, 3.05) is 6.67 Å². The van der Waals surface area contributed by atoms with Gasteiger partial charge in [0.25, 0.3) is 0 Å². The SMILES string of the molecule is CC1CCC(N)(CC(O)CF)CC1. The van der Waals surface area contributed by atoms with Gasteiger partial charge in [-0.15, -0.1) is 0 Å². The quantitative estimate of drug-likeness (QED) is 0.708. The van der Waals surface area contributed by atoms with Crippen LogP contribution in [0.15, 0.2) is 0 Å². The molecule has 1 rings (SSSR count). The second-order valence-electron chi connectivity index (χ2n) is 4.56. The van der Waals surface area contributed by atoms with Gasteiger partial charge in [-0.1, -0.05) is 6.92 Å². The molecule has 13 heavy (non-hydrogen) atoms. The highest BCUT2D eigenvalue weighted by molar-refractivity contribution is 4.90. The third kappa shape index (κ3) is 3.24. The summed E-state index contributed by atoms with van der Waals surface area (Å²) in [6, 6.07) is 0. The smallest absolute Gasteiger partial charge is 0.115 e. The molecule has 0 heterocycles. The largest absolute Gasteiger partial charge is 0.390 e. The molecule has 0 bridgehead atoms. The molecule has 2 nitrogen and oxygen atoms in total. The van der Waals surface area contributed by atoms with E-state index in [-0.39, 0.29) is 5.54 Å². The molecule has 1 aliphatic carbocycles. The Morgan fingerprint density at radius 2 is 2.08 bits per heavy atom. The molecule has 0 aromatic heterocycles. The average molecular weight is 189 g/mol. The van der Waals surface area contributed by atoms with Crippen molar-refractivity contribution in [3.05, 3.63) is 0 Å². The van der Waals surface area contributed by atoms with E-state index in [0.717, 1.165) is 31.6 Å². The third-order valence-corrected chi connectivity index (χ3v) is 3.09. The number of alkyl halides is 1. The van der Waals surface area contributed by atoms with Gasteiger partial charge < -0.3 is 10.8 Å².